The molecule has 1 aliphatic carbocycles. The molecule has 8 aromatic rings. The SMILES string of the molecule is [B]c1c([B])c([B])c(-c2nc(-c3c([B])c([B])c(-c4c([B])c([B])c([B])c([B])c4[B])c([B])c3[B])nc(-n3c4c([B])c([B])c([B])c([B])c4c4c([B])c5c(c([B])c43)C(C([B])([B])[B])(C([B])([B])[B])c3c([B])c([B])c([B])c([B])c3-5)n2)c([B])c1[B]. The first-order chi connectivity index (χ1) is 35.0. The topological polar surface area (TPSA) is 43.6 Å². The number of nitrogens with zero attached hydrogens (tertiary/aromatic N) is 4. The number of hydrogen-bond acceptors (Lipinski definition) is 3. The summed E-state index contributed by atoms with van der Waals surface area (Å²) in [5.74, 6) is -1.30. The molecule has 1 aliphatic rings. The summed E-state index contributed by atoms with van der Waals surface area (Å²) < 4.78 is 1.23. The maximum atomic E-state index is 7.48. The van der Waals surface area contributed by atoms with Crippen LogP contribution < -0.4 is 131 Å². The summed E-state index contributed by atoms with van der Waals surface area (Å²) in [5, 5.41) is -5.35. The van der Waals surface area contributed by atoms with Crippen molar-refractivity contribution in [2.75, 3.05) is 0 Å². The zero-order valence-corrected chi connectivity index (χ0v) is 40.1. The summed E-state index contributed by atoms with van der Waals surface area (Å²) in [6.45, 7) is 0. The molecule has 34 heteroatoms. The fourth-order valence-electron chi connectivity index (χ4n) is 10.6. The van der Waals surface area contributed by atoms with Crippen molar-refractivity contribution in [1.29, 1.82) is 0 Å². The normalized spacial score (nSPS) is 13.1. The standard InChI is InChI=1S/C42B30N4/c43-11-1-2-9(22(54)30(62)24(56)12(2)44)40(41(67,68)69,42(70,71)72)10(1)23(55)35-5(11)6-17(49)27(59)33(65)34(66)36(6)76(35)39-74-37(73-38(75-39)8-20(52)28(60)32(64)29(61)21(8)53)7-18(50)13(45)3(14(46)19(7)51)4-15(47)25(57)31(63)26(58)16(4)48. The van der Waals surface area contributed by atoms with Crippen molar-refractivity contribution in [3.05, 3.63) is 11.1 Å². The van der Waals surface area contributed by atoms with Crippen molar-refractivity contribution in [2.24, 2.45) is 0 Å². The van der Waals surface area contributed by atoms with Crippen LogP contribution in [0.3, 0.4) is 0 Å². The zero-order valence-electron chi connectivity index (χ0n) is 40.1. The summed E-state index contributed by atoms with van der Waals surface area (Å²) in [6, 6.07) is 0. The Balaban J connectivity index is 1.55. The van der Waals surface area contributed by atoms with E-state index in [-0.39, 0.29) is 197 Å². The molecule has 0 saturated heterocycles. The first kappa shape index (κ1) is 56.8. The molecule has 0 aliphatic heterocycles. The Morgan fingerprint density at radius 2 is 0.513 bits per heavy atom. The van der Waals surface area contributed by atoms with E-state index in [1.807, 2.05) is 0 Å². The minimum absolute atomic E-state index is 0.0168. The van der Waals surface area contributed by atoms with Crippen LogP contribution in [0, 0.1) is 0 Å². The van der Waals surface area contributed by atoms with E-state index in [1.54, 1.807) is 0 Å². The molecule has 0 amide bonds. The van der Waals surface area contributed by atoms with Crippen LogP contribution in [0.2, 0.25) is 10.2 Å². The van der Waals surface area contributed by atoms with Gasteiger partial charge in [-0.3, -0.25) is 4.57 Å². The van der Waals surface area contributed by atoms with Gasteiger partial charge in [0.1, 0.15) is 188 Å². The molecule has 2 heterocycles. The van der Waals surface area contributed by atoms with Crippen LogP contribution in [0.15, 0.2) is 0 Å². The molecule has 9 rings (SSSR count). The second-order valence-electron chi connectivity index (χ2n) is 18.6. The van der Waals surface area contributed by atoms with Crippen molar-refractivity contribution >= 4 is 388 Å². The van der Waals surface area contributed by atoms with Crippen molar-refractivity contribution in [3.63, 3.8) is 0 Å². The van der Waals surface area contributed by atoms with E-state index < -0.39 is 33.2 Å². The third-order valence-electron chi connectivity index (χ3n) is 14.4. The van der Waals surface area contributed by atoms with Gasteiger partial charge in [-0.1, -0.05) is 76.5 Å². The van der Waals surface area contributed by atoms with Crippen LogP contribution in [0.25, 0.3) is 72.8 Å². The molecule has 0 fully saturated rings. The molecule has 76 heavy (non-hydrogen) atoms. The maximum absolute atomic E-state index is 7.48. The second-order valence-corrected chi connectivity index (χ2v) is 18.6. The largest absolute Gasteiger partial charge is 0.279 e. The van der Waals surface area contributed by atoms with E-state index in [0.29, 0.717) is 0 Å². The van der Waals surface area contributed by atoms with Gasteiger partial charge in [-0.15, -0.1) is 64.9 Å². The predicted octanol–water partition coefficient (Wildman–Crippen LogP) is -21.6. The Kier molecular flexibility index (Phi) is 13.9. The average molecular weight is 885 g/mol. The van der Waals surface area contributed by atoms with Gasteiger partial charge < -0.3 is 0 Å². The van der Waals surface area contributed by atoms with Gasteiger partial charge in [0.15, 0.2) is 11.6 Å². The van der Waals surface area contributed by atoms with E-state index in [2.05, 4.69) is 0 Å². The minimum Gasteiger partial charge on any atom is -0.279 e. The van der Waals surface area contributed by atoms with Crippen LogP contribution in [0.5, 0.6) is 0 Å². The third-order valence-corrected chi connectivity index (χ3v) is 14.4. The van der Waals surface area contributed by atoms with Gasteiger partial charge in [-0.2, -0.15) is 9.97 Å². The number of benzene rings is 6. The molecule has 4 nitrogen and oxygen atoms in total. The maximum Gasteiger partial charge on any atom is 0.238 e. The van der Waals surface area contributed by atoms with Gasteiger partial charge in [-0.25, -0.2) is 4.98 Å². The van der Waals surface area contributed by atoms with Gasteiger partial charge >= 0.3 is 0 Å². The summed E-state index contributed by atoms with van der Waals surface area (Å²) in [5.41, 5.74) is -9.56. The Hall–Kier alpha value is -3.92. The van der Waals surface area contributed by atoms with Gasteiger partial charge in [0.25, 0.3) is 0 Å². The summed E-state index contributed by atoms with van der Waals surface area (Å²) in [7, 11) is 200. The molecular weight excluding hydrogens is 885 g/mol. The van der Waals surface area contributed by atoms with Crippen LogP contribution in [0.4, 0.5) is 0 Å². The fourth-order valence-corrected chi connectivity index (χ4v) is 10.6. The van der Waals surface area contributed by atoms with Crippen LogP contribution >= 0.6 is 0 Å². The molecule has 0 bridgehead atoms. The van der Waals surface area contributed by atoms with Crippen molar-refractivity contribution in [3.8, 4) is 51.0 Å². The lowest BCUT2D eigenvalue weighted by Crippen LogP contribution is -2.59. The molecule has 0 spiro atoms. The fraction of sp³-hybridized carbons (Fsp3) is 0.0714. The van der Waals surface area contributed by atoms with Crippen LogP contribution in [-0.4, -0.2) is 255 Å². The third kappa shape index (κ3) is 7.30. The molecule has 0 saturated carbocycles. The predicted molar refractivity (Wildman–Crippen MR) is 346 cm³/mol. The highest BCUT2D eigenvalue weighted by Crippen LogP contribution is 2.63. The lowest BCUT2D eigenvalue weighted by molar-refractivity contribution is 0.540. The lowest BCUT2D eigenvalue weighted by Gasteiger charge is -2.57. The Morgan fingerprint density at radius 1 is 0.250 bits per heavy atom. The van der Waals surface area contributed by atoms with Crippen molar-refractivity contribution in [2.45, 2.75) is 15.6 Å². The molecular formula is C42B30N4. The lowest BCUT2D eigenvalue weighted by atomic mass is 9.17. The number of hydrogen-bond donors (Lipinski definition) is 0. The Bertz CT molecular complexity index is 3920. The van der Waals surface area contributed by atoms with E-state index in [0.717, 1.165) is 0 Å². The van der Waals surface area contributed by atoms with Crippen molar-refractivity contribution < 1.29 is 0 Å². The number of fused-ring (bicyclic) bond motifs is 6. The highest BCUT2D eigenvalue weighted by atomic mass is 15.2. The molecule has 0 unspecified atom stereocenters. The Morgan fingerprint density at radius 3 is 0.921 bits per heavy atom. The van der Waals surface area contributed by atoms with E-state index in [4.69, 9.17) is 250 Å². The van der Waals surface area contributed by atoms with Gasteiger partial charge in [0, 0.05) is 27.5 Å². The molecule has 6 aromatic carbocycles. The quantitative estimate of drug-likeness (QED) is 0.156. The monoisotopic (exact) mass is 890 g/mol. The van der Waals surface area contributed by atoms with Crippen LogP contribution in [-0.2, 0) is 5.41 Å². The van der Waals surface area contributed by atoms with Crippen LogP contribution in [0.1, 0.15) is 11.1 Å². The molecule has 278 valence electrons. The Labute approximate surface area is 482 Å². The number of aromatic nitrogens is 4. The van der Waals surface area contributed by atoms with E-state index >= 15 is 0 Å². The number of rotatable bonds is 6. The molecule has 0 N–H and O–H groups in total. The van der Waals surface area contributed by atoms with E-state index in [1.165, 1.54) is 4.57 Å². The van der Waals surface area contributed by atoms with Gasteiger partial charge in [0.2, 0.25) is 5.95 Å². The summed E-state index contributed by atoms with van der Waals surface area (Å²) in [6.07, 6.45) is 0. The van der Waals surface area contributed by atoms with Crippen molar-refractivity contribution in [1.82, 2.24) is 19.5 Å². The smallest absolute Gasteiger partial charge is 0.238 e. The second kappa shape index (κ2) is 18.6. The van der Waals surface area contributed by atoms with Gasteiger partial charge in [-0.05, 0) is 44.2 Å². The summed E-state index contributed by atoms with van der Waals surface area (Å²) in [4.78, 5) is 14.5. The molecule has 2 aromatic heterocycles. The zero-order chi connectivity index (χ0) is 56.7. The van der Waals surface area contributed by atoms with Gasteiger partial charge in [0.05, 0.1) is 47.1 Å². The first-order valence-corrected chi connectivity index (χ1v) is 21.9. The average Bonchev–Trinajstić information content (AvgIpc) is 3.93. The molecule has 0 atom stereocenters. The molecule has 60 radical (unpaired) electrons. The van der Waals surface area contributed by atoms with E-state index in [9.17, 15) is 0 Å². The minimum atomic E-state index is -2.65. The highest BCUT2D eigenvalue weighted by molar-refractivity contribution is 6.75. The first-order valence-electron chi connectivity index (χ1n) is 21.9. The summed E-state index contributed by atoms with van der Waals surface area (Å²) >= 11 is 0. The highest BCUT2D eigenvalue weighted by Gasteiger charge is 2.57.